The molecule has 2 aromatic carbocycles. The number of hydrogen-bond acceptors (Lipinski definition) is 6. The Hall–Kier alpha value is -3.96. The molecule has 0 amide bonds. The Labute approximate surface area is 214 Å². The molecule has 1 unspecified atom stereocenters. The summed E-state index contributed by atoms with van der Waals surface area (Å²) in [4.78, 5) is 17.0. The molecule has 0 aliphatic rings. The zero-order valence-corrected chi connectivity index (χ0v) is 20.2. The number of benzene rings is 2. The van der Waals surface area contributed by atoms with Gasteiger partial charge in [0.25, 0.3) is 0 Å². The highest BCUT2D eigenvalue weighted by molar-refractivity contribution is 5.96. The summed E-state index contributed by atoms with van der Waals surface area (Å²) in [7, 11) is 1.33. The number of methoxy groups -OCH3 is 1. The van der Waals surface area contributed by atoms with Crippen molar-refractivity contribution in [2.75, 3.05) is 20.3 Å². The summed E-state index contributed by atoms with van der Waals surface area (Å²) < 4.78 is 68.3. The summed E-state index contributed by atoms with van der Waals surface area (Å²) in [6, 6.07) is 13.8. The van der Waals surface area contributed by atoms with Crippen LogP contribution >= 0.6 is 0 Å². The third-order valence-corrected chi connectivity index (χ3v) is 6.05. The molecule has 2 heterocycles. The van der Waals surface area contributed by atoms with E-state index < -0.39 is 42.0 Å². The number of hydrogen-bond donors (Lipinski definition) is 2. The Balaban J connectivity index is 1.69. The second-order valence-corrected chi connectivity index (χ2v) is 8.47. The Kier molecular flexibility index (Phi) is 7.70. The van der Waals surface area contributed by atoms with E-state index >= 15 is 0 Å². The van der Waals surface area contributed by atoms with E-state index in [9.17, 15) is 27.5 Å². The molecule has 0 fully saturated rings. The van der Waals surface area contributed by atoms with Crippen molar-refractivity contribution in [3.63, 3.8) is 0 Å². The van der Waals surface area contributed by atoms with E-state index in [1.165, 1.54) is 55.8 Å². The van der Waals surface area contributed by atoms with Crippen LogP contribution in [0.15, 0.2) is 66.9 Å². The third kappa shape index (κ3) is 5.20. The van der Waals surface area contributed by atoms with Crippen LogP contribution in [0.1, 0.15) is 29.0 Å². The fourth-order valence-electron chi connectivity index (χ4n) is 4.08. The molecular weight excluding hydrogens is 508 g/mol. The highest BCUT2D eigenvalue weighted by Gasteiger charge is 2.57. The second-order valence-electron chi connectivity index (χ2n) is 8.47. The Bertz CT molecular complexity index is 1440. The number of aliphatic hydroxyl groups is 2. The predicted molar refractivity (Wildman–Crippen MR) is 130 cm³/mol. The number of ether oxygens (including phenoxy) is 2. The van der Waals surface area contributed by atoms with Crippen LogP contribution in [-0.4, -0.2) is 51.9 Å². The largest absolute Gasteiger partial charge is 0.493 e. The maximum atomic E-state index is 14.4. The number of aliphatic hydroxyl groups excluding tert-OH is 1. The van der Waals surface area contributed by atoms with Crippen LogP contribution in [-0.2, 0) is 5.60 Å². The number of Topliss-reactive ketones (excluding diaryl/α,β-unsaturated/α-hetero) is 1. The summed E-state index contributed by atoms with van der Waals surface area (Å²) in [5.74, 6) is -1.48. The molecule has 0 aliphatic carbocycles. The molecule has 2 aromatic heterocycles. The van der Waals surface area contributed by atoms with Gasteiger partial charge >= 0.3 is 6.18 Å². The van der Waals surface area contributed by atoms with Gasteiger partial charge in [-0.25, -0.2) is 9.37 Å². The van der Waals surface area contributed by atoms with Gasteiger partial charge in [-0.15, -0.1) is 0 Å². The number of carbonyl (C=O) groups is 1. The zero-order valence-electron chi connectivity index (χ0n) is 20.2. The van der Waals surface area contributed by atoms with Gasteiger partial charge in [-0.3, -0.25) is 4.79 Å². The van der Waals surface area contributed by atoms with Crippen LogP contribution < -0.4 is 9.47 Å². The summed E-state index contributed by atoms with van der Waals surface area (Å²) in [5.41, 5.74) is -2.66. The molecule has 0 saturated carbocycles. The van der Waals surface area contributed by atoms with Crippen LogP contribution in [0.5, 0.6) is 11.5 Å². The van der Waals surface area contributed by atoms with Crippen molar-refractivity contribution in [1.29, 1.82) is 0 Å². The lowest BCUT2D eigenvalue weighted by Gasteiger charge is -2.29. The molecule has 11 heteroatoms. The molecule has 4 aromatic rings. The smallest absolute Gasteiger partial charge is 0.424 e. The average molecular weight is 532 g/mol. The number of carbonyl (C=O) groups excluding carboxylic acids is 1. The molecule has 0 spiro atoms. The van der Waals surface area contributed by atoms with Crippen molar-refractivity contribution >= 4 is 11.3 Å². The molecule has 200 valence electrons. The Morgan fingerprint density at radius 1 is 1.05 bits per heavy atom. The Morgan fingerprint density at radius 2 is 1.79 bits per heavy atom. The number of pyridine rings is 1. The quantitative estimate of drug-likeness (QED) is 0.222. The predicted octanol–water partition coefficient (Wildman–Crippen LogP) is 4.93. The average Bonchev–Trinajstić information content (AvgIpc) is 3.30. The summed E-state index contributed by atoms with van der Waals surface area (Å²) in [5, 5.41) is 20.0. The second kappa shape index (κ2) is 10.8. The fourth-order valence-corrected chi connectivity index (χ4v) is 4.08. The van der Waals surface area contributed by atoms with E-state index in [-0.39, 0.29) is 41.5 Å². The lowest BCUT2D eigenvalue weighted by atomic mass is 9.92. The molecule has 0 saturated heterocycles. The highest BCUT2D eigenvalue weighted by Crippen LogP contribution is 2.44. The van der Waals surface area contributed by atoms with Gasteiger partial charge in [-0.05, 0) is 61.0 Å². The number of ketones is 1. The summed E-state index contributed by atoms with van der Waals surface area (Å²) >= 11 is 0. The third-order valence-electron chi connectivity index (χ3n) is 6.05. The van der Waals surface area contributed by atoms with Crippen molar-refractivity contribution in [3.8, 4) is 22.8 Å². The first-order valence-electron chi connectivity index (χ1n) is 11.6. The fraction of sp³-hybridized carbons (Fsp3) is 0.259. The zero-order chi connectivity index (χ0) is 27.5. The number of nitrogens with zero attached hydrogens (tertiary/aromatic N) is 2. The van der Waals surface area contributed by atoms with Gasteiger partial charge in [0.15, 0.2) is 23.1 Å². The molecular formula is C27H24F4N2O5. The molecule has 0 radical (unpaired) electrons. The van der Waals surface area contributed by atoms with Gasteiger partial charge in [-0.2, -0.15) is 13.2 Å². The van der Waals surface area contributed by atoms with Gasteiger partial charge in [0, 0.05) is 23.7 Å². The molecule has 1 atom stereocenters. The standard InChI is InChI=1S/C27H24F4N2O5/c1-37-23-16-18(7-10-22(23)38-15-14-34)21(35)11-12-26(36,27(29,30)31)25-32-24(17-5-8-19(28)9-6-17)20-4-2-3-13-33(20)25/h2-10,13,16,34,36H,11-12,14-15H2,1H3. The topological polar surface area (TPSA) is 93.3 Å². The van der Waals surface area contributed by atoms with E-state index in [0.29, 0.717) is 5.56 Å². The molecule has 7 nitrogen and oxygen atoms in total. The minimum Gasteiger partial charge on any atom is -0.493 e. The number of alkyl halides is 3. The minimum absolute atomic E-state index is 0.0134. The lowest BCUT2D eigenvalue weighted by molar-refractivity contribution is -0.272. The number of aromatic nitrogens is 2. The van der Waals surface area contributed by atoms with Crippen molar-refractivity contribution in [2.24, 2.45) is 0 Å². The molecule has 4 rings (SSSR count). The van der Waals surface area contributed by atoms with Crippen molar-refractivity contribution in [3.05, 3.63) is 84.1 Å². The first-order chi connectivity index (χ1) is 18.1. The molecule has 0 aliphatic heterocycles. The lowest BCUT2D eigenvalue weighted by Crippen LogP contribution is -2.44. The molecule has 2 N–H and O–H groups in total. The monoisotopic (exact) mass is 532 g/mol. The summed E-state index contributed by atoms with van der Waals surface area (Å²) in [6.07, 6.45) is -5.51. The Morgan fingerprint density at radius 3 is 2.45 bits per heavy atom. The molecule has 38 heavy (non-hydrogen) atoms. The van der Waals surface area contributed by atoms with Crippen molar-refractivity contribution in [2.45, 2.75) is 24.6 Å². The van der Waals surface area contributed by atoms with Crippen LogP contribution in [0.2, 0.25) is 0 Å². The number of rotatable bonds is 10. The maximum absolute atomic E-state index is 14.4. The summed E-state index contributed by atoms with van der Waals surface area (Å²) in [6.45, 7) is -0.258. The highest BCUT2D eigenvalue weighted by atomic mass is 19.4. The SMILES string of the molecule is COc1cc(C(=O)CCC(O)(c2nc(-c3ccc(F)cc3)c3ccccn23)C(F)(F)F)ccc1OCCO. The minimum atomic E-state index is -5.18. The van der Waals surface area contributed by atoms with Crippen molar-refractivity contribution < 1.29 is 42.0 Å². The van der Waals surface area contributed by atoms with Gasteiger partial charge in [0.2, 0.25) is 5.60 Å². The first-order valence-corrected chi connectivity index (χ1v) is 11.6. The normalized spacial score (nSPS) is 13.3. The molecule has 0 bridgehead atoms. The van der Waals surface area contributed by atoms with Gasteiger partial charge in [-0.1, -0.05) is 6.07 Å². The van der Waals surface area contributed by atoms with E-state index in [4.69, 9.17) is 14.6 Å². The van der Waals surface area contributed by atoms with E-state index in [1.54, 1.807) is 6.07 Å². The van der Waals surface area contributed by atoms with E-state index in [2.05, 4.69) is 4.98 Å². The van der Waals surface area contributed by atoms with Crippen LogP contribution in [0.4, 0.5) is 17.6 Å². The number of fused-ring (bicyclic) bond motifs is 1. The van der Waals surface area contributed by atoms with Gasteiger partial charge in [0.1, 0.15) is 12.4 Å². The van der Waals surface area contributed by atoms with Gasteiger partial charge in [0.05, 0.1) is 24.9 Å². The van der Waals surface area contributed by atoms with E-state index in [0.717, 1.165) is 16.5 Å². The first kappa shape index (κ1) is 27.1. The van der Waals surface area contributed by atoms with Crippen molar-refractivity contribution in [1.82, 2.24) is 9.38 Å². The maximum Gasteiger partial charge on any atom is 0.424 e. The van der Waals surface area contributed by atoms with Crippen LogP contribution in [0.3, 0.4) is 0 Å². The number of imidazole rings is 1. The van der Waals surface area contributed by atoms with Crippen LogP contribution in [0, 0.1) is 5.82 Å². The number of halogens is 4. The van der Waals surface area contributed by atoms with Crippen LogP contribution in [0.25, 0.3) is 16.8 Å². The van der Waals surface area contributed by atoms with Gasteiger partial charge < -0.3 is 24.1 Å². The van der Waals surface area contributed by atoms with E-state index in [1.807, 2.05) is 0 Å².